The summed E-state index contributed by atoms with van der Waals surface area (Å²) >= 11 is 0. The number of nitrogens with two attached hydrogens (primary N) is 1. The van der Waals surface area contributed by atoms with Crippen molar-refractivity contribution < 1.29 is 14.6 Å². The second-order valence-electron chi connectivity index (χ2n) is 5.06. The number of benzene rings is 1. The summed E-state index contributed by atoms with van der Waals surface area (Å²) < 4.78 is 5.65. The Morgan fingerprint density at radius 3 is 2.45 bits per heavy atom. The second-order valence-corrected chi connectivity index (χ2v) is 5.06. The van der Waals surface area contributed by atoms with Crippen LogP contribution in [-0.2, 0) is 11.2 Å². The fraction of sp³-hybridized carbons (Fsp3) is 0.562. The number of carbonyl (C=O) groups is 1. The summed E-state index contributed by atoms with van der Waals surface area (Å²) in [5.74, 6) is -0.148. The molecule has 20 heavy (non-hydrogen) atoms. The third kappa shape index (κ3) is 6.57. The summed E-state index contributed by atoms with van der Waals surface area (Å²) in [6.07, 6.45) is 6.43. The number of rotatable bonds is 10. The first-order chi connectivity index (χ1) is 9.63. The van der Waals surface area contributed by atoms with Crippen molar-refractivity contribution in [3.8, 4) is 5.75 Å². The molecule has 0 aromatic heterocycles. The van der Waals surface area contributed by atoms with Gasteiger partial charge < -0.3 is 15.6 Å². The van der Waals surface area contributed by atoms with E-state index in [4.69, 9.17) is 15.6 Å². The Balaban J connectivity index is 2.26. The molecule has 0 fully saturated rings. The molecular formula is C16H25NO3. The highest BCUT2D eigenvalue weighted by molar-refractivity contribution is 5.73. The van der Waals surface area contributed by atoms with Gasteiger partial charge in [-0.2, -0.15) is 0 Å². The first kappa shape index (κ1) is 16.5. The van der Waals surface area contributed by atoms with Gasteiger partial charge in [0.1, 0.15) is 11.8 Å². The predicted molar refractivity (Wildman–Crippen MR) is 80.0 cm³/mol. The number of ether oxygens (including phenoxy) is 1. The van der Waals surface area contributed by atoms with Crippen LogP contribution in [0.1, 0.15) is 44.6 Å². The Labute approximate surface area is 120 Å². The zero-order valence-electron chi connectivity index (χ0n) is 12.2. The molecule has 0 radical (unpaired) electrons. The van der Waals surface area contributed by atoms with E-state index in [2.05, 4.69) is 6.92 Å². The molecule has 1 aromatic rings. The Hall–Kier alpha value is -1.55. The molecule has 1 aromatic carbocycles. The van der Waals surface area contributed by atoms with Crippen LogP contribution in [-0.4, -0.2) is 23.7 Å². The fourth-order valence-electron chi connectivity index (χ4n) is 1.96. The van der Waals surface area contributed by atoms with Crippen molar-refractivity contribution in [1.29, 1.82) is 0 Å². The molecule has 0 saturated heterocycles. The maximum atomic E-state index is 10.7. The van der Waals surface area contributed by atoms with Crippen LogP contribution in [0.4, 0.5) is 0 Å². The van der Waals surface area contributed by atoms with Crippen LogP contribution < -0.4 is 10.5 Å². The van der Waals surface area contributed by atoms with Gasteiger partial charge in [0.25, 0.3) is 0 Å². The molecule has 3 N–H and O–H groups in total. The van der Waals surface area contributed by atoms with E-state index in [0.29, 0.717) is 6.42 Å². The minimum Gasteiger partial charge on any atom is -0.494 e. The summed E-state index contributed by atoms with van der Waals surface area (Å²) in [6.45, 7) is 2.94. The number of hydrogen-bond donors (Lipinski definition) is 2. The third-order valence-corrected chi connectivity index (χ3v) is 3.21. The SMILES string of the molecule is CCCCCCCOc1ccc(C[C@H](N)C(=O)O)cc1. The van der Waals surface area contributed by atoms with Crippen LogP contribution in [0.3, 0.4) is 0 Å². The van der Waals surface area contributed by atoms with Crippen molar-refractivity contribution in [2.75, 3.05) is 6.61 Å². The lowest BCUT2D eigenvalue weighted by molar-refractivity contribution is -0.138. The molecule has 0 unspecified atom stereocenters. The minimum absolute atomic E-state index is 0.340. The molecule has 0 amide bonds. The Bertz CT molecular complexity index is 389. The summed E-state index contributed by atoms with van der Waals surface area (Å²) in [6, 6.07) is 6.64. The zero-order chi connectivity index (χ0) is 14.8. The molecule has 0 aliphatic carbocycles. The number of carboxylic acids is 1. The lowest BCUT2D eigenvalue weighted by Crippen LogP contribution is -2.32. The van der Waals surface area contributed by atoms with Crippen LogP contribution in [0.15, 0.2) is 24.3 Å². The third-order valence-electron chi connectivity index (χ3n) is 3.21. The molecule has 0 spiro atoms. The Morgan fingerprint density at radius 1 is 1.20 bits per heavy atom. The molecule has 4 heteroatoms. The van der Waals surface area contributed by atoms with Crippen molar-refractivity contribution in [2.45, 2.75) is 51.5 Å². The predicted octanol–water partition coefficient (Wildman–Crippen LogP) is 2.99. The summed E-state index contributed by atoms with van der Waals surface area (Å²) in [5.41, 5.74) is 6.41. The summed E-state index contributed by atoms with van der Waals surface area (Å²) in [4.78, 5) is 10.7. The van der Waals surface area contributed by atoms with Gasteiger partial charge in [0.05, 0.1) is 6.61 Å². The van der Waals surface area contributed by atoms with E-state index < -0.39 is 12.0 Å². The number of carboxylic acid groups (broad SMARTS) is 1. The minimum atomic E-state index is -0.975. The van der Waals surface area contributed by atoms with E-state index in [1.54, 1.807) is 0 Å². The fourth-order valence-corrected chi connectivity index (χ4v) is 1.96. The van der Waals surface area contributed by atoms with E-state index in [-0.39, 0.29) is 0 Å². The highest BCUT2D eigenvalue weighted by Crippen LogP contribution is 2.14. The first-order valence-electron chi connectivity index (χ1n) is 7.33. The normalized spacial score (nSPS) is 12.1. The molecular weight excluding hydrogens is 254 g/mol. The van der Waals surface area contributed by atoms with E-state index in [1.807, 2.05) is 24.3 Å². The van der Waals surface area contributed by atoms with Crippen molar-refractivity contribution in [3.05, 3.63) is 29.8 Å². The number of hydrogen-bond acceptors (Lipinski definition) is 3. The van der Waals surface area contributed by atoms with Gasteiger partial charge in [0.15, 0.2) is 0 Å². The molecule has 0 heterocycles. The van der Waals surface area contributed by atoms with Gasteiger partial charge >= 0.3 is 5.97 Å². The monoisotopic (exact) mass is 279 g/mol. The van der Waals surface area contributed by atoms with E-state index in [9.17, 15) is 4.79 Å². The van der Waals surface area contributed by atoms with Gasteiger partial charge in [-0.05, 0) is 30.5 Å². The van der Waals surface area contributed by atoms with Crippen molar-refractivity contribution >= 4 is 5.97 Å². The van der Waals surface area contributed by atoms with E-state index in [1.165, 1.54) is 25.7 Å². The van der Waals surface area contributed by atoms with Crippen LogP contribution >= 0.6 is 0 Å². The second kappa shape index (κ2) is 9.37. The molecule has 0 aliphatic rings. The van der Waals surface area contributed by atoms with E-state index in [0.717, 1.165) is 24.3 Å². The quantitative estimate of drug-likeness (QED) is 0.646. The Kier molecular flexibility index (Phi) is 7.73. The molecule has 112 valence electrons. The van der Waals surface area contributed by atoms with Crippen LogP contribution in [0.25, 0.3) is 0 Å². The molecule has 0 saturated carbocycles. The van der Waals surface area contributed by atoms with Crippen LogP contribution in [0.5, 0.6) is 5.75 Å². The first-order valence-corrected chi connectivity index (χ1v) is 7.33. The smallest absolute Gasteiger partial charge is 0.320 e. The number of unbranched alkanes of at least 4 members (excludes halogenated alkanes) is 4. The molecule has 1 atom stereocenters. The maximum absolute atomic E-state index is 10.7. The molecule has 0 bridgehead atoms. The maximum Gasteiger partial charge on any atom is 0.320 e. The average Bonchev–Trinajstić information content (AvgIpc) is 2.44. The van der Waals surface area contributed by atoms with E-state index >= 15 is 0 Å². The molecule has 4 nitrogen and oxygen atoms in total. The van der Waals surface area contributed by atoms with Gasteiger partial charge in [-0.15, -0.1) is 0 Å². The topological polar surface area (TPSA) is 72.5 Å². The highest BCUT2D eigenvalue weighted by atomic mass is 16.5. The van der Waals surface area contributed by atoms with Gasteiger partial charge in [0, 0.05) is 0 Å². The lowest BCUT2D eigenvalue weighted by Gasteiger charge is -2.09. The average molecular weight is 279 g/mol. The van der Waals surface area contributed by atoms with Crippen LogP contribution in [0, 0.1) is 0 Å². The van der Waals surface area contributed by atoms with Gasteiger partial charge in [-0.25, -0.2) is 0 Å². The van der Waals surface area contributed by atoms with Gasteiger partial charge in [-0.3, -0.25) is 4.79 Å². The molecule has 1 rings (SSSR count). The standard InChI is InChI=1S/C16H25NO3/c1-2-3-4-5-6-11-20-14-9-7-13(8-10-14)12-15(17)16(18)19/h7-10,15H,2-6,11-12,17H2,1H3,(H,18,19)/t15-/m0/s1. The largest absolute Gasteiger partial charge is 0.494 e. The zero-order valence-corrected chi connectivity index (χ0v) is 12.2. The number of aliphatic carboxylic acids is 1. The van der Waals surface area contributed by atoms with Crippen molar-refractivity contribution in [3.63, 3.8) is 0 Å². The van der Waals surface area contributed by atoms with Crippen molar-refractivity contribution in [1.82, 2.24) is 0 Å². The lowest BCUT2D eigenvalue weighted by atomic mass is 10.1. The molecule has 0 aliphatic heterocycles. The Morgan fingerprint density at radius 2 is 1.85 bits per heavy atom. The summed E-state index contributed by atoms with van der Waals surface area (Å²) in [7, 11) is 0. The van der Waals surface area contributed by atoms with Crippen LogP contribution in [0.2, 0.25) is 0 Å². The highest BCUT2D eigenvalue weighted by Gasteiger charge is 2.11. The summed E-state index contributed by atoms with van der Waals surface area (Å²) in [5, 5.41) is 8.75. The van der Waals surface area contributed by atoms with Gasteiger partial charge in [-0.1, -0.05) is 44.7 Å². The van der Waals surface area contributed by atoms with Gasteiger partial charge in [0.2, 0.25) is 0 Å². The van der Waals surface area contributed by atoms with Crippen molar-refractivity contribution in [2.24, 2.45) is 5.73 Å².